The Kier molecular flexibility index (Phi) is 7.72. The number of primary amides is 1. The van der Waals surface area contributed by atoms with Gasteiger partial charge in [0.15, 0.2) is 0 Å². The molecule has 0 aromatic heterocycles. The molecule has 5 rings (SSSR count). The number of anilines is 1. The molecule has 3 aromatic carbocycles. The van der Waals surface area contributed by atoms with Crippen molar-refractivity contribution in [1.82, 2.24) is 10.6 Å². The quantitative estimate of drug-likeness (QED) is 0.180. The number of rotatable bonds is 9. The fourth-order valence-electron chi connectivity index (χ4n) is 6.02. The fraction of sp³-hybridized carbons (Fsp3) is 0.250. The van der Waals surface area contributed by atoms with Gasteiger partial charge < -0.3 is 16.2 Å². The number of carbonyl (C=O) groups is 4. The lowest BCUT2D eigenvalue weighted by molar-refractivity contribution is -0.149. The van der Waals surface area contributed by atoms with Crippen LogP contribution in [0.3, 0.4) is 0 Å². The van der Waals surface area contributed by atoms with E-state index in [4.69, 9.17) is 5.73 Å². The van der Waals surface area contributed by atoms with Crippen LogP contribution in [0.15, 0.2) is 78.9 Å². The van der Waals surface area contributed by atoms with Gasteiger partial charge in [0.2, 0.25) is 11.8 Å². The lowest BCUT2D eigenvalue weighted by atomic mass is 9.77. The van der Waals surface area contributed by atoms with Crippen molar-refractivity contribution in [3.63, 3.8) is 0 Å². The van der Waals surface area contributed by atoms with Crippen molar-refractivity contribution in [2.75, 3.05) is 11.4 Å². The number of benzene rings is 3. The van der Waals surface area contributed by atoms with E-state index in [0.717, 1.165) is 21.6 Å². The number of carbonyl (C=O) groups excluding carboxylic acids is 3. The molecule has 4 atom stereocenters. The highest BCUT2D eigenvalue weighted by Gasteiger charge is 2.68. The van der Waals surface area contributed by atoms with Gasteiger partial charge in [0.05, 0.1) is 17.5 Å². The van der Waals surface area contributed by atoms with Gasteiger partial charge in [0.1, 0.15) is 5.54 Å². The Morgan fingerprint density at radius 3 is 2.22 bits per heavy atom. The van der Waals surface area contributed by atoms with E-state index in [1.165, 1.54) is 0 Å². The third-order valence-electron chi connectivity index (χ3n) is 8.00. The number of carboxylic acids is 1. The van der Waals surface area contributed by atoms with E-state index < -0.39 is 47.2 Å². The number of fused-ring (bicyclic) bond motifs is 1. The average molecular weight is 553 g/mol. The number of amides is 4. The van der Waals surface area contributed by atoms with Crippen molar-refractivity contribution in [2.24, 2.45) is 17.6 Å². The molecule has 4 unspecified atom stereocenters. The van der Waals surface area contributed by atoms with Gasteiger partial charge in [0, 0.05) is 12.6 Å². The van der Waals surface area contributed by atoms with Gasteiger partial charge in [-0.3, -0.25) is 19.7 Å². The first-order chi connectivity index (χ1) is 19.7. The largest absolute Gasteiger partial charge is 0.480 e. The first-order valence-corrected chi connectivity index (χ1v) is 13.5. The van der Waals surface area contributed by atoms with Crippen molar-refractivity contribution in [1.29, 1.82) is 0 Å². The number of imide groups is 1. The third-order valence-corrected chi connectivity index (χ3v) is 8.00. The van der Waals surface area contributed by atoms with E-state index in [-0.39, 0.29) is 19.4 Å². The normalized spacial score (nSPS) is 23.6. The number of carboxylic acid groups (broad SMARTS) is 1. The molecule has 0 saturated carbocycles. The molecule has 41 heavy (non-hydrogen) atoms. The van der Waals surface area contributed by atoms with Crippen LogP contribution in [0.4, 0.5) is 10.5 Å². The second-order valence-electron chi connectivity index (χ2n) is 10.5. The maximum absolute atomic E-state index is 14.0. The van der Waals surface area contributed by atoms with Crippen LogP contribution in [-0.4, -0.2) is 41.0 Å². The highest BCUT2D eigenvalue weighted by atomic mass is 16.4. The molecule has 9 heteroatoms. The minimum atomic E-state index is -1.72. The lowest BCUT2D eigenvalue weighted by Crippen LogP contribution is -2.56. The number of nitrogens with two attached hydrogens (primary N) is 1. The number of nitrogens with one attached hydrogen (secondary N) is 2. The number of hydrogen-bond acceptors (Lipinski definition) is 5. The Morgan fingerprint density at radius 2 is 1.59 bits per heavy atom. The summed E-state index contributed by atoms with van der Waals surface area (Å²) in [5.41, 5.74) is 7.35. The molecule has 2 saturated heterocycles. The fourth-order valence-corrected chi connectivity index (χ4v) is 6.02. The molecule has 5 N–H and O–H groups in total. The molecule has 0 radical (unpaired) electrons. The molecule has 2 heterocycles. The average Bonchev–Trinajstić information content (AvgIpc) is 3.45. The van der Waals surface area contributed by atoms with Crippen LogP contribution in [0, 0.1) is 18.8 Å². The minimum absolute atomic E-state index is 0.0127. The molecule has 3 aromatic rings. The molecule has 0 spiro atoms. The van der Waals surface area contributed by atoms with Crippen molar-refractivity contribution in [3.8, 4) is 0 Å². The summed E-state index contributed by atoms with van der Waals surface area (Å²) in [5, 5.41) is 16.2. The molecular weight excluding hydrogens is 520 g/mol. The van der Waals surface area contributed by atoms with Crippen molar-refractivity contribution in [2.45, 2.75) is 31.3 Å². The lowest BCUT2D eigenvalue weighted by Gasteiger charge is -2.31. The van der Waals surface area contributed by atoms with Crippen LogP contribution in [0.2, 0.25) is 0 Å². The van der Waals surface area contributed by atoms with E-state index >= 15 is 0 Å². The van der Waals surface area contributed by atoms with Gasteiger partial charge in [-0.05, 0) is 48.1 Å². The summed E-state index contributed by atoms with van der Waals surface area (Å²) in [6.45, 7) is 1.95. The summed E-state index contributed by atoms with van der Waals surface area (Å²) in [4.78, 5) is 53.2. The van der Waals surface area contributed by atoms with Crippen LogP contribution in [0.5, 0.6) is 0 Å². The van der Waals surface area contributed by atoms with Crippen LogP contribution in [0.1, 0.15) is 41.1 Å². The Labute approximate surface area is 238 Å². The van der Waals surface area contributed by atoms with Gasteiger partial charge in [-0.2, -0.15) is 0 Å². The zero-order chi connectivity index (χ0) is 29.1. The van der Waals surface area contributed by atoms with Gasteiger partial charge in [-0.15, -0.1) is 0 Å². The van der Waals surface area contributed by atoms with Crippen LogP contribution in [0.25, 0.3) is 12.2 Å². The molecule has 0 bridgehead atoms. The van der Waals surface area contributed by atoms with E-state index in [2.05, 4.69) is 10.6 Å². The molecule has 0 aliphatic carbocycles. The Bertz CT molecular complexity index is 1500. The SMILES string of the molecule is Cc1ccccc1N1C(=O)C2C(c3ccc(C=Cc4ccccc4)cc3)NC(CCCNC(N)=O)(C(=O)O)C2C1=O. The molecule has 210 valence electrons. The van der Waals surface area contributed by atoms with Gasteiger partial charge in [0.25, 0.3) is 0 Å². The maximum Gasteiger partial charge on any atom is 0.324 e. The summed E-state index contributed by atoms with van der Waals surface area (Å²) in [5.74, 6) is -4.25. The summed E-state index contributed by atoms with van der Waals surface area (Å²) in [7, 11) is 0. The number of hydrogen-bond donors (Lipinski definition) is 4. The first kappa shape index (κ1) is 27.8. The zero-order valence-corrected chi connectivity index (χ0v) is 22.6. The molecule has 2 aliphatic heterocycles. The third kappa shape index (κ3) is 5.24. The van der Waals surface area contributed by atoms with Gasteiger partial charge in [-0.1, -0.05) is 84.9 Å². The van der Waals surface area contributed by atoms with Crippen LogP contribution >= 0.6 is 0 Å². The summed E-state index contributed by atoms with van der Waals surface area (Å²) in [6, 6.07) is 23.0. The summed E-state index contributed by atoms with van der Waals surface area (Å²) < 4.78 is 0. The monoisotopic (exact) mass is 552 g/mol. The second kappa shape index (κ2) is 11.4. The Balaban J connectivity index is 1.51. The zero-order valence-electron chi connectivity index (χ0n) is 22.6. The second-order valence-corrected chi connectivity index (χ2v) is 10.5. The van der Waals surface area contributed by atoms with Crippen molar-refractivity contribution >= 4 is 41.7 Å². The number of aryl methyl sites for hydroxylation is 1. The topological polar surface area (TPSA) is 142 Å². The van der Waals surface area contributed by atoms with Crippen LogP contribution in [-0.2, 0) is 14.4 Å². The van der Waals surface area contributed by atoms with E-state index in [9.17, 15) is 24.3 Å². The molecule has 2 aliphatic rings. The van der Waals surface area contributed by atoms with Crippen molar-refractivity contribution in [3.05, 3.63) is 101 Å². The molecule has 9 nitrogen and oxygen atoms in total. The maximum atomic E-state index is 14.0. The highest BCUT2D eigenvalue weighted by Crippen LogP contribution is 2.51. The molecule has 4 amide bonds. The van der Waals surface area contributed by atoms with Crippen LogP contribution < -0.4 is 21.3 Å². The molecule has 2 fully saturated rings. The van der Waals surface area contributed by atoms with Crippen molar-refractivity contribution < 1.29 is 24.3 Å². The number of para-hydroxylation sites is 1. The minimum Gasteiger partial charge on any atom is -0.480 e. The first-order valence-electron chi connectivity index (χ1n) is 13.5. The Hall–Kier alpha value is -4.76. The number of urea groups is 1. The highest BCUT2D eigenvalue weighted by molar-refractivity contribution is 6.24. The van der Waals surface area contributed by atoms with Gasteiger partial charge >= 0.3 is 12.0 Å². The van der Waals surface area contributed by atoms with Gasteiger partial charge in [-0.25, -0.2) is 9.69 Å². The van der Waals surface area contributed by atoms with E-state index in [1.54, 1.807) is 25.1 Å². The van der Waals surface area contributed by atoms with E-state index in [1.807, 2.05) is 72.8 Å². The predicted octanol–water partition coefficient (Wildman–Crippen LogP) is 3.89. The number of aliphatic carboxylic acids is 1. The standard InChI is InChI=1S/C32H32N4O5/c1-20-8-5-6-11-24(20)36-28(37)25-26(29(36)38)32(30(39)40,18-7-19-34-31(33)41)35-27(25)23-16-14-22(15-17-23)13-12-21-9-3-2-4-10-21/h2-6,8-17,25-27,35H,7,18-19H2,1H3,(H,39,40)(H3,33,34,41). The molecular formula is C32H32N4O5. The predicted molar refractivity (Wildman–Crippen MR) is 156 cm³/mol. The summed E-state index contributed by atoms with van der Waals surface area (Å²) >= 11 is 0. The summed E-state index contributed by atoms with van der Waals surface area (Å²) in [6.07, 6.45) is 4.22. The smallest absolute Gasteiger partial charge is 0.324 e. The number of nitrogens with zero attached hydrogens (tertiary/aromatic N) is 1. The Morgan fingerprint density at radius 1 is 0.951 bits per heavy atom. The van der Waals surface area contributed by atoms with E-state index in [0.29, 0.717) is 11.3 Å².